The summed E-state index contributed by atoms with van der Waals surface area (Å²) >= 11 is 5.74. The average molecular weight is 188 g/mol. The standard InChI is InChI=1S/C7H10ClN3O/c1-2-11-7(6(12)3-9)5(8)4-10-11/h4H,2-3,9H2,1H3. The van der Waals surface area contributed by atoms with Crippen molar-refractivity contribution in [2.24, 2.45) is 5.73 Å². The van der Waals surface area contributed by atoms with E-state index in [1.807, 2.05) is 6.92 Å². The molecule has 66 valence electrons. The Hall–Kier alpha value is -0.870. The third kappa shape index (κ3) is 1.49. The second-order valence-corrected chi connectivity index (χ2v) is 2.69. The molecule has 0 bridgehead atoms. The topological polar surface area (TPSA) is 60.9 Å². The van der Waals surface area contributed by atoms with Crippen LogP contribution in [0.1, 0.15) is 17.4 Å². The first-order chi connectivity index (χ1) is 5.70. The van der Waals surface area contributed by atoms with E-state index < -0.39 is 0 Å². The molecule has 0 amide bonds. The summed E-state index contributed by atoms with van der Waals surface area (Å²) in [7, 11) is 0. The first-order valence-electron chi connectivity index (χ1n) is 3.65. The monoisotopic (exact) mass is 187 g/mol. The quantitative estimate of drug-likeness (QED) is 0.709. The highest BCUT2D eigenvalue weighted by molar-refractivity contribution is 6.33. The molecule has 0 radical (unpaired) electrons. The molecule has 1 heterocycles. The van der Waals surface area contributed by atoms with Crippen molar-refractivity contribution >= 4 is 17.4 Å². The van der Waals surface area contributed by atoms with Crippen LogP contribution in [-0.2, 0) is 6.54 Å². The maximum atomic E-state index is 11.2. The van der Waals surface area contributed by atoms with Crippen LogP contribution < -0.4 is 5.73 Å². The third-order valence-corrected chi connectivity index (χ3v) is 1.82. The fourth-order valence-electron chi connectivity index (χ4n) is 0.976. The zero-order chi connectivity index (χ0) is 9.14. The Balaban J connectivity index is 3.10. The zero-order valence-corrected chi connectivity index (χ0v) is 7.51. The molecular weight excluding hydrogens is 178 g/mol. The van der Waals surface area contributed by atoms with Crippen LogP contribution >= 0.6 is 11.6 Å². The first-order valence-corrected chi connectivity index (χ1v) is 4.03. The lowest BCUT2D eigenvalue weighted by atomic mass is 10.3. The highest BCUT2D eigenvalue weighted by Gasteiger charge is 2.14. The van der Waals surface area contributed by atoms with Gasteiger partial charge in [0, 0.05) is 6.54 Å². The molecular formula is C7H10ClN3O. The number of carbonyl (C=O) groups excluding carboxylic acids is 1. The number of aromatic nitrogens is 2. The first kappa shape index (κ1) is 9.22. The molecule has 0 saturated heterocycles. The summed E-state index contributed by atoms with van der Waals surface area (Å²) in [6.07, 6.45) is 1.45. The highest BCUT2D eigenvalue weighted by Crippen LogP contribution is 2.14. The molecule has 0 aliphatic carbocycles. The van der Waals surface area contributed by atoms with Gasteiger partial charge in [-0.2, -0.15) is 5.10 Å². The maximum absolute atomic E-state index is 11.2. The van der Waals surface area contributed by atoms with Gasteiger partial charge in [-0.3, -0.25) is 9.48 Å². The number of ketones is 1. The van der Waals surface area contributed by atoms with Crippen molar-refractivity contribution in [1.82, 2.24) is 9.78 Å². The van der Waals surface area contributed by atoms with Gasteiger partial charge in [-0.15, -0.1) is 0 Å². The number of halogens is 1. The van der Waals surface area contributed by atoms with E-state index in [2.05, 4.69) is 5.10 Å². The van der Waals surface area contributed by atoms with Crippen molar-refractivity contribution in [3.8, 4) is 0 Å². The van der Waals surface area contributed by atoms with E-state index in [0.717, 1.165) is 0 Å². The fraction of sp³-hybridized carbons (Fsp3) is 0.429. The van der Waals surface area contributed by atoms with Gasteiger partial charge in [0.25, 0.3) is 0 Å². The van der Waals surface area contributed by atoms with Crippen LogP contribution in [0.4, 0.5) is 0 Å². The van der Waals surface area contributed by atoms with E-state index in [0.29, 0.717) is 17.3 Å². The van der Waals surface area contributed by atoms with E-state index >= 15 is 0 Å². The molecule has 0 fully saturated rings. The van der Waals surface area contributed by atoms with E-state index in [1.165, 1.54) is 10.9 Å². The summed E-state index contributed by atoms with van der Waals surface area (Å²) in [5.41, 5.74) is 5.61. The molecule has 12 heavy (non-hydrogen) atoms. The normalized spacial score (nSPS) is 10.2. The van der Waals surface area contributed by atoms with Crippen LogP contribution in [0.15, 0.2) is 6.20 Å². The molecule has 0 aromatic carbocycles. The number of aryl methyl sites for hydroxylation is 1. The molecule has 0 saturated carbocycles. The molecule has 1 rings (SSSR count). The Morgan fingerprint density at radius 1 is 1.83 bits per heavy atom. The molecule has 0 spiro atoms. The number of nitrogens with zero attached hydrogens (tertiary/aromatic N) is 2. The second-order valence-electron chi connectivity index (χ2n) is 2.28. The van der Waals surface area contributed by atoms with Crippen LogP contribution in [0.2, 0.25) is 5.02 Å². The molecule has 0 unspecified atom stereocenters. The van der Waals surface area contributed by atoms with Crippen molar-refractivity contribution < 1.29 is 4.79 Å². The van der Waals surface area contributed by atoms with Gasteiger partial charge in [0.2, 0.25) is 0 Å². The number of rotatable bonds is 3. The van der Waals surface area contributed by atoms with Gasteiger partial charge >= 0.3 is 0 Å². The summed E-state index contributed by atoms with van der Waals surface area (Å²) < 4.78 is 1.54. The van der Waals surface area contributed by atoms with Crippen LogP contribution in [0.3, 0.4) is 0 Å². The summed E-state index contributed by atoms with van der Waals surface area (Å²) in [5.74, 6) is -0.181. The van der Waals surface area contributed by atoms with Crippen LogP contribution in [0.5, 0.6) is 0 Å². The Morgan fingerprint density at radius 2 is 2.50 bits per heavy atom. The molecule has 5 heteroatoms. The lowest BCUT2D eigenvalue weighted by Crippen LogP contribution is -2.18. The van der Waals surface area contributed by atoms with Gasteiger partial charge in [-0.25, -0.2) is 0 Å². The number of nitrogens with two attached hydrogens (primary N) is 1. The van der Waals surface area contributed by atoms with Crippen LogP contribution in [0, 0.1) is 0 Å². The van der Waals surface area contributed by atoms with Gasteiger partial charge in [0.05, 0.1) is 17.8 Å². The smallest absolute Gasteiger partial charge is 0.195 e. The van der Waals surface area contributed by atoms with Crippen molar-refractivity contribution in [2.75, 3.05) is 6.54 Å². The van der Waals surface area contributed by atoms with Gasteiger partial charge < -0.3 is 5.73 Å². The number of hydrogen-bond donors (Lipinski definition) is 1. The molecule has 4 nitrogen and oxygen atoms in total. The molecule has 2 N–H and O–H groups in total. The number of carbonyl (C=O) groups is 1. The van der Waals surface area contributed by atoms with Crippen molar-refractivity contribution in [2.45, 2.75) is 13.5 Å². The number of hydrogen-bond acceptors (Lipinski definition) is 3. The second kappa shape index (κ2) is 3.69. The minimum atomic E-state index is -0.181. The zero-order valence-electron chi connectivity index (χ0n) is 6.75. The van der Waals surface area contributed by atoms with E-state index in [-0.39, 0.29) is 12.3 Å². The van der Waals surface area contributed by atoms with Crippen molar-refractivity contribution in [1.29, 1.82) is 0 Å². The van der Waals surface area contributed by atoms with E-state index in [9.17, 15) is 4.79 Å². The predicted octanol–water partition coefficient (Wildman–Crippen LogP) is 0.698. The molecule has 1 aromatic heterocycles. The van der Waals surface area contributed by atoms with Gasteiger partial charge in [-0.05, 0) is 6.92 Å². The average Bonchev–Trinajstić information content (AvgIpc) is 2.45. The lowest BCUT2D eigenvalue weighted by molar-refractivity contribution is 0.0991. The Morgan fingerprint density at radius 3 is 3.00 bits per heavy atom. The van der Waals surface area contributed by atoms with E-state index in [4.69, 9.17) is 17.3 Å². The van der Waals surface area contributed by atoms with E-state index in [1.54, 1.807) is 0 Å². The fourth-order valence-corrected chi connectivity index (χ4v) is 1.22. The summed E-state index contributed by atoms with van der Waals surface area (Å²) in [6, 6.07) is 0. The Kier molecular flexibility index (Phi) is 2.83. The van der Waals surface area contributed by atoms with Gasteiger partial charge in [-0.1, -0.05) is 11.6 Å². The third-order valence-electron chi connectivity index (χ3n) is 1.54. The minimum absolute atomic E-state index is 0.0363. The minimum Gasteiger partial charge on any atom is -0.324 e. The Labute approximate surface area is 75.3 Å². The van der Waals surface area contributed by atoms with Crippen molar-refractivity contribution in [3.63, 3.8) is 0 Å². The summed E-state index contributed by atoms with van der Waals surface area (Å²) in [4.78, 5) is 11.2. The lowest BCUT2D eigenvalue weighted by Gasteiger charge is -2.01. The molecule has 0 aliphatic heterocycles. The predicted molar refractivity (Wildman–Crippen MR) is 46.3 cm³/mol. The van der Waals surface area contributed by atoms with Crippen molar-refractivity contribution in [3.05, 3.63) is 16.9 Å². The largest absolute Gasteiger partial charge is 0.324 e. The SMILES string of the molecule is CCn1ncc(Cl)c1C(=O)CN. The number of Topliss-reactive ketones (excluding diaryl/α,β-unsaturated/α-hetero) is 1. The Bertz CT molecular complexity index is 295. The summed E-state index contributed by atoms with van der Waals surface area (Å²) in [6.45, 7) is 2.47. The maximum Gasteiger partial charge on any atom is 0.195 e. The van der Waals surface area contributed by atoms with Crippen LogP contribution in [0.25, 0.3) is 0 Å². The molecule has 0 aliphatic rings. The molecule has 1 aromatic rings. The van der Waals surface area contributed by atoms with Gasteiger partial charge in [0.15, 0.2) is 5.78 Å². The van der Waals surface area contributed by atoms with Crippen LogP contribution in [-0.4, -0.2) is 22.1 Å². The van der Waals surface area contributed by atoms with Gasteiger partial charge in [0.1, 0.15) is 5.69 Å². The summed E-state index contributed by atoms with van der Waals surface area (Å²) in [5, 5.41) is 4.28. The highest BCUT2D eigenvalue weighted by atomic mass is 35.5. The molecule has 0 atom stereocenters.